The maximum Gasteiger partial charge on any atom is 0.317 e. The number of rotatable bonds is 5. The van der Waals surface area contributed by atoms with E-state index >= 15 is 0 Å². The van der Waals surface area contributed by atoms with Gasteiger partial charge in [-0.15, -0.1) is 0 Å². The maximum absolute atomic E-state index is 13.2. The van der Waals surface area contributed by atoms with Gasteiger partial charge in [-0.25, -0.2) is 13.6 Å². The molecule has 0 aromatic heterocycles. The second-order valence-corrected chi connectivity index (χ2v) is 5.67. The lowest BCUT2D eigenvalue weighted by Crippen LogP contribution is -2.47. The van der Waals surface area contributed by atoms with Crippen molar-refractivity contribution in [2.75, 3.05) is 13.1 Å². The number of carbonyl (C=O) groups excluding carboxylic acids is 1. The van der Waals surface area contributed by atoms with Crippen LogP contribution in [0.3, 0.4) is 0 Å². The lowest BCUT2D eigenvalue weighted by molar-refractivity contribution is 0.0476. The van der Waals surface area contributed by atoms with Crippen molar-refractivity contribution in [2.24, 2.45) is 0 Å². The van der Waals surface area contributed by atoms with E-state index in [1.54, 1.807) is 27.7 Å². The van der Waals surface area contributed by atoms with Gasteiger partial charge in [0.25, 0.3) is 0 Å². The molecule has 0 saturated heterocycles. The maximum atomic E-state index is 13.2. The number of hydrogen-bond acceptors (Lipinski definition) is 2. The Labute approximate surface area is 123 Å². The van der Waals surface area contributed by atoms with Crippen LogP contribution in [-0.2, 0) is 0 Å². The van der Waals surface area contributed by atoms with Crippen molar-refractivity contribution in [2.45, 2.75) is 39.3 Å². The molecule has 4 nitrogen and oxygen atoms in total. The van der Waals surface area contributed by atoms with E-state index in [9.17, 15) is 18.7 Å². The highest BCUT2D eigenvalue weighted by molar-refractivity contribution is 5.74. The molecule has 2 amide bonds. The number of carbonyl (C=O) groups is 1. The van der Waals surface area contributed by atoms with E-state index in [0.29, 0.717) is 12.1 Å². The Kier molecular flexibility index (Phi) is 5.66. The first-order valence-electron chi connectivity index (χ1n) is 6.87. The number of hydrogen-bond donors (Lipinski definition) is 2. The number of benzene rings is 1. The summed E-state index contributed by atoms with van der Waals surface area (Å²) in [5, 5.41) is 12.5. The molecule has 0 heterocycles. The van der Waals surface area contributed by atoms with Crippen LogP contribution in [0.5, 0.6) is 0 Å². The third-order valence-electron chi connectivity index (χ3n) is 3.03. The molecule has 0 spiro atoms. The van der Waals surface area contributed by atoms with E-state index in [4.69, 9.17) is 0 Å². The van der Waals surface area contributed by atoms with E-state index in [0.717, 1.165) is 12.1 Å². The summed E-state index contributed by atoms with van der Waals surface area (Å²) in [5.74, 6) is -1.87. The number of nitrogens with zero attached hydrogens (tertiary/aromatic N) is 1. The van der Waals surface area contributed by atoms with Crippen molar-refractivity contribution >= 4 is 6.03 Å². The second kappa shape index (κ2) is 6.85. The van der Waals surface area contributed by atoms with E-state index in [-0.39, 0.29) is 12.6 Å². The van der Waals surface area contributed by atoms with Crippen LogP contribution in [0, 0.1) is 11.6 Å². The highest BCUT2D eigenvalue weighted by atomic mass is 19.2. The molecule has 6 heteroatoms. The van der Waals surface area contributed by atoms with E-state index in [1.807, 2.05) is 0 Å². The second-order valence-electron chi connectivity index (χ2n) is 5.67. The van der Waals surface area contributed by atoms with Crippen LogP contribution in [-0.4, -0.2) is 34.7 Å². The van der Waals surface area contributed by atoms with Crippen molar-refractivity contribution < 1.29 is 18.7 Å². The Hall–Kier alpha value is -1.69. The van der Waals surface area contributed by atoms with Crippen LogP contribution in [0.1, 0.15) is 39.3 Å². The summed E-state index contributed by atoms with van der Waals surface area (Å²) in [5.41, 5.74) is -0.528. The quantitative estimate of drug-likeness (QED) is 0.878. The number of aliphatic hydroxyl groups is 1. The summed E-state index contributed by atoms with van der Waals surface area (Å²) < 4.78 is 26.1. The van der Waals surface area contributed by atoms with Gasteiger partial charge in [-0.2, -0.15) is 0 Å². The Bertz CT molecular complexity index is 501. The fourth-order valence-electron chi connectivity index (χ4n) is 1.94. The largest absolute Gasteiger partial charge is 0.389 e. The fourth-order valence-corrected chi connectivity index (χ4v) is 1.94. The lowest BCUT2D eigenvalue weighted by Gasteiger charge is -2.29. The van der Waals surface area contributed by atoms with Crippen molar-refractivity contribution in [3.8, 4) is 0 Å². The van der Waals surface area contributed by atoms with Gasteiger partial charge < -0.3 is 15.3 Å². The van der Waals surface area contributed by atoms with Crippen LogP contribution in [0.2, 0.25) is 0 Å². The highest BCUT2D eigenvalue weighted by Crippen LogP contribution is 2.16. The summed E-state index contributed by atoms with van der Waals surface area (Å²) in [6.07, 6.45) is 0. The molecule has 1 rings (SSSR count). The van der Waals surface area contributed by atoms with Gasteiger partial charge in [0.15, 0.2) is 11.6 Å². The van der Waals surface area contributed by atoms with Crippen molar-refractivity contribution in [3.63, 3.8) is 0 Å². The van der Waals surface area contributed by atoms with E-state index in [1.165, 1.54) is 11.0 Å². The van der Waals surface area contributed by atoms with E-state index < -0.39 is 23.3 Å². The van der Waals surface area contributed by atoms with Gasteiger partial charge in [0.2, 0.25) is 0 Å². The minimum Gasteiger partial charge on any atom is -0.389 e. The molecule has 0 fully saturated rings. The topological polar surface area (TPSA) is 52.6 Å². The third kappa shape index (κ3) is 5.30. The molecular formula is C15H22F2N2O2. The Balaban J connectivity index is 2.74. The molecule has 21 heavy (non-hydrogen) atoms. The van der Waals surface area contributed by atoms with Crippen LogP contribution >= 0.6 is 0 Å². The summed E-state index contributed by atoms with van der Waals surface area (Å²) in [4.78, 5) is 13.6. The summed E-state index contributed by atoms with van der Waals surface area (Å²) in [6, 6.07) is 2.68. The standard InChI is InChI=1S/C15H22F2N2O2/c1-5-19(9-15(3,4)21)14(20)18-10(2)11-6-7-12(16)13(17)8-11/h6-8,10,21H,5,9H2,1-4H3,(H,18,20). The molecule has 0 saturated carbocycles. The minimum atomic E-state index is -1.00. The molecule has 0 aliphatic heterocycles. The molecule has 1 aromatic rings. The molecule has 0 aliphatic carbocycles. The van der Waals surface area contributed by atoms with Crippen LogP contribution in [0.25, 0.3) is 0 Å². The lowest BCUT2D eigenvalue weighted by atomic mass is 10.1. The average molecular weight is 300 g/mol. The third-order valence-corrected chi connectivity index (χ3v) is 3.03. The fraction of sp³-hybridized carbons (Fsp3) is 0.533. The molecule has 1 unspecified atom stereocenters. The molecule has 0 bridgehead atoms. The summed E-state index contributed by atoms with van der Waals surface area (Å²) >= 11 is 0. The van der Waals surface area contributed by atoms with Crippen LogP contribution < -0.4 is 5.32 Å². The first-order chi connectivity index (χ1) is 9.64. The monoisotopic (exact) mass is 300 g/mol. The van der Waals surface area contributed by atoms with Gasteiger partial charge in [-0.05, 0) is 45.4 Å². The van der Waals surface area contributed by atoms with Gasteiger partial charge in [-0.1, -0.05) is 6.07 Å². The molecule has 2 N–H and O–H groups in total. The zero-order valence-electron chi connectivity index (χ0n) is 12.8. The number of likely N-dealkylation sites (N-methyl/N-ethyl adjacent to an activating group) is 1. The Morgan fingerprint density at radius 3 is 2.48 bits per heavy atom. The van der Waals surface area contributed by atoms with E-state index in [2.05, 4.69) is 5.32 Å². The molecule has 1 aromatic carbocycles. The van der Waals surface area contributed by atoms with Crippen molar-refractivity contribution in [1.82, 2.24) is 10.2 Å². The van der Waals surface area contributed by atoms with Crippen LogP contribution in [0.4, 0.5) is 13.6 Å². The molecule has 0 radical (unpaired) electrons. The average Bonchev–Trinajstić information content (AvgIpc) is 2.37. The van der Waals surface area contributed by atoms with Crippen molar-refractivity contribution in [1.29, 1.82) is 0 Å². The smallest absolute Gasteiger partial charge is 0.317 e. The molecular weight excluding hydrogens is 278 g/mol. The van der Waals surface area contributed by atoms with Crippen LogP contribution in [0.15, 0.2) is 18.2 Å². The normalized spacial score (nSPS) is 12.9. The van der Waals surface area contributed by atoms with Crippen molar-refractivity contribution in [3.05, 3.63) is 35.4 Å². The number of nitrogens with one attached hydrogen (secondary N) is 1. The first-order valence-corrected chi connectivity index (χ1v) is 6.87. The predicted molar refractivity (Wildman–Crippen MR) is 76.8 cm³/mol. The zero-order valence-corrected chi connectivity index (χ0v) is 12.8. The predicted octanol–water partition coefficient (Wildman–Crippen LogP) is 2.83. The highest BCUT2D eigenvalue weighted by Gasteiger charge is 2.22. The molecule has 1 atom stereocenters. The zero-order chi connectivity index (χ0) is 16.2. The minimum absolute atomic E-state index is 0.180. The van der Waals surface area contributed by atoms with Gasteiger partial charge in [-0.3, -0.25) is 0 Å². The molecule has 118 valence electrons. The van der Waals surface area contributed by atoms with Gasteiger partial charge in [0, 0.05) is 6.54 Å². The first kappa shape index (κ1) is 17.4. The number of urea groups is 1. The van der Waals surface area contributed by atoms with Gasteiger partial charge in [0.1, 0.15) is 0 Å². The summed E-state index contributed by atoms with van der Waals surface area (Å²) in [7, 11) is 0. The van der Waals surface area contributed by atoms with Gasteiger partial charge >= 0.3 is 6.03 Å². The Morgan fingerprint density at radius 1 is 1.38 bits per heavy atom. The Morgan fingerprint density at radius 2 is 2.00 bits per heavy atom. The van der Waals surface area contributed by atoms with Gasteiger partial charge in [0.05, 0.1) is 18.2 Å². The number of amides is 2. The SMILES string of the molecule is CCN(CC(C)(C)O)C(=O)NC(C)c1ccc(F)c(F)c1. The number of halogens is 2. The molecule has 0 aliphatic rings. The summed E-state index contributed by atoms with van der Waals surface area (Å²) in [6.45, 7) is 7.32.